The average Bonchev–Trinajstić information content (AvgIpc) is 3.44. The molecule has 2 aliphatic rings. The number of carbonyl (C=O) groups excluding carboxylic acids is 2. The minimum absolute atomic E-state index is 0.0751. The van der Waals surface area contributed by atoms with Gasteiger partial charge in [-0.3, -0.25) is 9.59 Å². The number of nitrogens with one attached hydrogen (secondary N) is 1. The smallest absolute Gasteiger partial charge is 0.251 e. The van der Waals surface area contributed by atoms with Crippen LogP contribution in [-0.4, -0.2) is 29.8 Å². The Bertz CT molecular complexity index is 557. The van der Waals surface area contributed by atoms with Crippen LogP contribution in [0, 0.1) is 5.92 Å². The van der Waals surface area contributed by atoms with Crippen molar-refractivity contribution < 1.29 is 9.59 Å². The summed E-state index contributed by atoms with van der Waals surface area (Å²) in [5.74, 6) is 0.506. The highest BCUT2D eigenvalue weighted by atomic mass is 16.2. The van der Waals surface area contributed by atoms with Gasteiger partial charge in [-0.05, 0) is 43.4 Å². The van der Waals surface area contributed by atoms with Gasteiger partial charge in [0.05, 0.1) is 0 Å². The molecular weight excluding hydrogens is 288 g/mol. The number of carbonyl (C=O) groups is 2. The number of benzene rings is 1. The summed E-state index contributed by atoms with van der Waals surface area (Å²) in [6, 6.07) is 8.04. The lowest BCUT2D eigenvalue weighted by molar-refractivity contribution is -0.137. The second-order valence-electron chi connectivity index (χ2n) is 6.81. The second kappa shape index (κ2) is 7.16. The standard InChI is InChI=1S/C19H26N2O2/c1-20-18(22)15-9-7-14(8-10-15)13-21(17-11-12-17)19(23)16-5-3-2-4-6-16/h7-10,16-17H,2-6,11-13H2,1H3,(H,20,22). The largest absolute Gasteiger partial charge is 0.355 e. The van der Waals surface area contributed by atoms with Gasteiger partial charge in [0.25, 0.3) is 5.91 Å². The van der Waals surface area contributed by atoms with E-state index in [2.05, 4.69) is 10.2 Å². The van der Waals surface area contributed by atoms with Crippen LogP contribution in [-0.2, 0) is 11.3 Å². The first-order valence-corrected chi connectivity index (χ1v) is 8.80. The lowest BCUT2D eigenvalue weighted by Gasteiger charge is -2.29. The van der Waals surface area contributed by atoms with E-state index in [1.807, 2.05) is 24.3 Å². The first-order chi connectivity index (χ1) is 11.2. The van der Waals surface area contributed by atoms with Gasteiger partial charge < -0.3 is 10.2 Å². The van der Waals surface area contributed by atoms with Gasteiger partial charge in [-0.25, -0.2) is 0 Å². The highest BCUT2D eigenvalue weighted by molar-refractivity contribution is 5.93. The topological polar surface area (TPSA) is 49.4 Å². The molecule has 0 unspecified atom stereocenters. The number of amides is 2. The summed E-state index contributed by atoms with van der Waals surface area (Å²) >= 11 is 0. The van der Waals surface area contributed by atoms with Crippen molar-refractivity contribution in [2.24, 2.45) is 5.92 Å². The SMILES string of the molecule is CNC(=O)c1ccc(CN(C(=O)C2CCCCC2)C2CC2)cc1. The van der Waals surface area contributed by atoms with Crippen molar-refractivity contribution in [3.63, 3.8) is 0 Å². The number of nitrogens with zero attached hydrogens (tertiary/aromatic N) is 1. The molecule has 3 rings (SSSR count). The molecule has 2 fully saturated rings. The second-order valence-corrected chi connectivity index (χ2v) is 6.81. The third-order valence-corrected chi connectivity index (χ3v) is 5.02. The Morgan fingerprint density at radius 2 is 1.70 bits per heavy atom. The molecule has 2 aliphatic carbocycles. The van der Waals surface area contributed by atoms with Gasteiger partial charge in [0.15, 0.2) is 0 Å². The fourth-order valence-corrected chi connectivity index (χ4v) is 3.46. The highest BCUT2D eigenvalue weighted by Gasteiger charge is 2.36. The third-order valence-electron chi connectivity index (χ3n) is 5.02. The average molecular weight is 314 g/mol. The van der Waals surface area contributed by atoms with E-state index in [-0.39, 0.29) is 11.8 Å². The Morgan fingerprint density at radius 3 is 2.26 bits per heavy atom. The zero-order chi connectivity index (χ0) is 16.2. The molecule has 0 aromatic heterocycles. The van der Waals surface area contributed by atoms with Crippen molar-refractivity contribution in [3.05, 3.63) is 35.4 Å². The zero-order valence-corrected chi connectivity index (χ0v) is 13.9. The van der Waals surface area contributed by atoms with E-state index in [0.29, 0.717) is 24.1 Å². The van der Waals surface area contributed by atoms with Crippen LogP contribution in [0.25, 0.3) is 0 Å². The van der Waals surface area contributed by atoms with Crippen LogP contribution in [0.2, 0.25) is 0 Å². The van der Waals surface area contributed by atoms with Crippen LogP contribution in [0.4, 0.5) is 0 Å². The lowest BCUT2D eigenvalue weighted by Crippen LogP contribution is -2.38. The summed E-state index contributed by atoms with van der Waals surface area (Å²) in [5, 5.41) is 2.63. The molecule has 0 atom stereocenters. The zero-order valence-electron chi connectivity index (χ0n) is 13.9. The molecule has 0 bridgehead atoms. The van der Waals surface area contributed by atoms with Crippen LogP contribution in [0.5, 0.6) is 0 Å². The Kier molecular flexibility index (Phi) is 4.99. The molecule has 23 heavy (non-hydrogen) atoms. The van der Waals surface area contributed by atoms with Gasteiger partial charge in [-0.15, -0.1) is 0 Å². The van der Waals surface area contributed by atoms with E-state index in [9.17, 15) is 9.59 Å². The van der Waals surface area contributed by atoms with E-state index in [1.165, 1.54) is 19.3 Å². The van der Waals surface area contributed by atoms with Gasteiger partial charge in [0.1, 0.15) is 0 Å². The van der Waals surface area contributed by atoms with Crippen molar-refractivity contribution >= 4 is 11.8 Å². The molecule has 1 aromatic carbocycles. The summed E-state index contributed by atoms with van der Waals surface area (Å²) in [5.41, 5.74) is 1.77. The molecule has 124 valence electrons. The Balaban J connectivity index is 1.67. The van der Waals surface area contributed by atoms with E-state index in [1.54, 1.807) is 7.05 Å². The van der Waals surface area contributed by atoms with Crippen molar-refractivity contribution in [2.45, 2.75) is 57.5 Å². The number of rotatable bonds is 5. The first kappa shape index (κ1) is 16.0. The fraction of sp³-hybridized carbons (Fsp3) is 0.579. The first-order valence-electron chi connectivity index (χ1n) is 8.80. The fourth-order valence-electron chi connectivity index (χ4n) is 3.46. The highest BCUT2D eigenvalue weighted by Crippen LogP contribution is 2.33. The van der Waals surface area contributed by atoms with Gasteiger partial charge in [-0.1, -0.05) is 31.4 Å². The molecule has 0 spiro atoms. The molecule has 0 aliphatic heterocycles. The van der Waals surface area contributed by atoms with Crippen LogP contribution >= 0.6 is 0 Å². The molecule has 4 nitrogen and oxygen atoms in total. The summed E-state index contributed by atoms with van der Waals surface area (Å²) in [7, 11) is 1.63. The van der Waals surface area contributed by atoms with E-state index < -0.39 is 0 Å². The van der Waals surface area contributed by atoms with E-state index in [0.717, 1.165) is 31.2 Å². The molecular formula is C19H26N2O2. The molecule has 4 heteroatoms. The predicted molar refractivity (Wildman–Crippen MR) is 90.0 cm³/mol. The quantitative estimate of drug-likeness (QED) is 0.908. The van der Waals surface area contributed by atoms with Gasteiger partial charge in [0.2, 0.25) is 5.91 Å². The molecule has 2 saturated carbocycles. The van der Waals surface area contributed by atoms with Crippen LogP contribution in [0.3, 0.4) is 0 Å². The molecule has 0 radical (unpaired) electrons. The maximum atomic E-state index is 12.9. The molecule has 0 heterocycles. The van der Waals surface area contributed by atoms with E-state index >= 15 is 0 Å². The number of hydrogen-bond acceptors (Lipinski definition) is 2. The number of hydrogen-bond donors (Lipinski definition) is 1. The van der Waals surface area contributed by atoms with Crippen LogP contribution in [0.1, 0.15) is 60.9 Å². The van der Waals surface area contributed by atoms with Crippen molar-refractivity contribution in [1.29, 1.82) is 0 Å². The summed E-state index contributed by atoms with van der Waals surface area (Å²) < 4.78 is 0. The van der Waals surface area contributed by atoms with Crippen molar-refractivity contribution in [3.8, 4) is 0 Å². The van der Waals surface area contributed by atoms with Crippen LogP contribution in [0.15, 0.2) is 24.3 Å². The summed E-state index contributed by atoms with van der Waals surface area (Å²) in [6.45, 7) is 0.675. The lowest BCUT2D eigenvalue weighted by atomic mass is 9.88. The minimum Gasteiger partial charge on any atom is -0.355 e. The Labute approximate surface area is 138 Å². The van der Waals surface area contributed by atoms with Gasteiger partial charge in [-0.2, -0.15) is 0 Å². The predicted octanol–water partition coefficient (Wildman–Crippen LogP) is 3.12. The molecule has 1 aromatic rings. The molecule has 0 saturated heterocycles. The van der Waals surface area contributed by atoms with Gasteiger partial charge in [0, 0.05) is 31.1 Å². The Hall–Kier alpha value is -1.84. The molecule has 1 N–H and O–H groups in total. The molecule has 2 amide bonds. The normalized spacial score (nSPS) is 18.5. The monoisotopic (exact) mass is 314 g/mol. The maximum absolute atomic E-state index is 12.9. The van der Waals surface area contributed by atoms with Gasteiger partial charge >= 0.3 is 0 Å². The van der Waals surface area contributed by atoms with E-state index in [4.69, 9.17) is 0 Å². The van der Waals surface area contributed by atoms with Crippen molar-refractivity contribution in [1.82, 2.24) is 10.2 Å². The summed E-state index contributed by atoms with van der Waals surface area (Å²) in [6.07, 6.45) is 8.03. The minimum atomic E-state index is -0.0751. The van der Waals surface area contributed by atoms with Crippen molar-refractivity contribution in [2.75, 3.05) is 7.05 Å². The third kappa shape index (κ3) is 3.92. The maximum Gasteiger partial charge on any atom is 0.251 e. The Morgan fingerprint density at radius 1 is 1.04 bits per heavy atom. The van der Waals surface area contributed by atoms with Crippen LogP contribution < -0.4 is 5.32 Å². The summed E-state index contributed by atoms with van der Waals surface area (Å²) in [4.78, 5) is 26.6.